The average molecular weight is 202 g/mol. The Balaban J connectivity index is 2.37. The van der Waals surface area contributed by atoms with E-state index < -0.39 is 0 Å². The Morgan fingerprint density at radius 1 is 1.27 bits per heavy atom. The van der Waals surface area contributed by atoms with Crippen LogP contribution in [0.4, 0.5) is 0 Å². The molecule has 1 aliphatic rings. The summed E-state index contributed by atoms with van der Waals surface area (Å²) in [6, 6.07) is 8.30. The molecule has 2 N–H and O–H groups in total. The number of nitrogens with zero attached hydrogens (tertiary/aromatic N) is 1. The van der Waals surface area contributed by atoms with E-state index in [4.69, 9.17) is 0 Å². The second kappa shape index (κ2) is 3.36. The summed E-state index contributed by atoms with van der Waals surface area (Å²) < 4.78 is 2.25. The molecule has 1 aliphatic heterocycles. The topological polar surface area (TPSA) is 37.2 Å². The van der Waals surface area contributed by atoms with E-state index in [2.05, 4.69) is 28.1 Å². The predicted octanol–water partition coefficient (Wildman–Crippen LogP) is 1.24. The van der Waals surface area contributed by atoms with Gasteiger partial charge in [0, 0.05) is 36.1 Å². The van der Waals surface area contributed by atoms with Gasteiger partial charge in [0.1, 0.15) is 0 Å². The fourth-order valence-corrected chi connectivity index (χ4v) is 2.47. The Morgan fingerprint density at radius 2 is 2.07 bits per heavy atom. The first-order chi connectivity index (χ1) is 7.42. The van der Waals surface area contributed by atoms with E-state index >= 15 is 0 Å². The molecule has 0 saturated carbocycles. The first-order valence-corrected chi connectivity index (χ1v) is 5.32. The van der Waals surface area contributed by atoms with Crippen LogP contribution in [0.25, 0.3) is 10.8 Å². The molecule has 3 heteroatoms. The lowest BCUT2D eigenvalue weighted by atomic mass is 10.1. The molecule has 0 bridgehead atoms. The number of nitrogens with one attached hydrogen (secondary N) is 1. The molecule has 3 rings (SSSR count). The molecule has 78 valence electrons. The summed E-state index contributed by atoms with van der Waals surface area (Å²) in [4.78, 5) is 0. The Morgan fingerprint density at radius 3 is 2.87 bits per heavy atom. The first kappa shape index (κ1) is 8.95. The van der Waals surface area contributed by atoms with Crippen LogP contribution in [-0.2, 0) is 19.7 Å². The van der Waals surface area contributed by atoms with Crippen LogP contribution in [0, 0.1) is 0 Å². The van der Waals surface area contributed by atoms with Gasteiger partial charge in [-0.15, -0.1) is 0 Å². The summed E-state index contributed by atoms with van der Waals surface area (Å²) in [6.45, 7) is 2.97. The molecular formula is C12H14N2O. The van der Waals surface area contributed by atoms with Crippen molar-refractivity contribution in [1.82, 2.24) is 9.88 Å². The SMILES string of the molecule is OCc1c2ccccc2c2n1CCNC2. The van der Waals surface area contributed by atoms with Gasteiger partial charge in [0.2, 0.25) is 0 Å². The third kappa shape index (κ3) is 1.20. The highest BCUT2D eigenvalue weighted by Gasteiger charge is 2.17. The van der Waals surface area contributed by atoms with E-state index in [9.17, 15) is 5.11 Å². The average Bonchev–Trinajstić information content (AvgIpc) is 2.63. The quantitative estimate of drug-likeness (QED) is 0.730. The molecule has 2 heterocycles. The number of hydrogen-bond donors (Lipinski definition) is 2. The molecule has 0 amide bonds. The van der Waals surface area contributed by atoms with Crippen molar-refractivity contribution in [2.24, 2.45) is 0 Å². The van der Waals surface area contributed by atoms with Crippen molar-refractivity contribution < 1.29 is 5.11 Å². The molecule has 0 aliphatic carbocycles. The van der Waals surface area contributed by atoms with Crippen LogP contribution in [0.5, 0.6) is 0 Å². The zero-order valence-electron chi connectivity index (χ0n) is 8.53. The molecule has 15 heavy (non-hydrogen) atoms. The van der Waals surface area contributed by atoms with Gasteiger partial charge in [-0.1, -0.05) is 24.3 Å². The minimum atomic E-state index is 0.126. The Kier molecular flexibility index (Phi) is 2.01. The minimum absolute atomic E-state index is 0.126. The maximum absolute atomic E-state index is 9.44. The fraction of sp³-hybridized carbons (Fsp3) is 0.333. The highest BCUT2D eigenvalue weighted by atomic mass is 16.3. The predicted molar refractivity (Wildman–Crippen MR) is 59.6 cm³/mol. The van der Waals surface area contributed by atoms with Crippen molar-refractivity contribution in [3.8, 4) is 0 Å². The van der Waals surface area contributed by atoms with E-state index in [1.165, 1.54) is 16.5 Å². The minimum Gasteiger partial charge on any atom is -0.390 e. The number of fused-ring (bicyclic) bond motifs is 3. The van der Waals surface area contributed by atoms with Crippen molar-refractivity contribution in [2.75, 3.05) is 6.54 Å². The van der Waals surface area contributed by atoms with Gasteiger partial charge in [-0.2, -0.15) is 0 Å². The number of aromatic nitrogens is 1. The smallest absolute Gasteiger partial charge is 0.0839 e. The van der Waals surface area contributed by atoms with E-state index in [0.29, 0.717) is 0 Å². The van der Waals surface area contributed by atoms with Gasteiger partial charge in [0.15, 0.2) is 0 Å². The highest BCUT2D eigenvalue weighted by Crippen LogP contribution is 2.27. The lowest BCUT2D eigenvalue weighted by Crippen LogP contribution is -2.28. The van der Waals surface area contributed by atoms with E-state index in [1.807, 2.05) is 6.07 Å². The third-order valence-corrected chi connectivity index (χ3v) is 3.15. The highest BCUT2D eigenvalue weighted by molar-refractivity contribution is 5.88. The summed E-state index contributed by atoms with van der Waals surface area (Å²) in [5.74, 6) is 0. The van der Waals surface area contributed by atoms with Crippen LogP contribution >= 0.6 is 0 Å². The molecule has 0 spiro atoms. The van der Waals surface area contributed by atoms with Crippen molar-refractivity contribution in [1.29, 1.82) is 0 Å². The second-order valence-electron chi connectivity index (χ2n) is 3.93. The van der Waals surface area contributed by atoms with Gasteiger partial charge < -0.3 is 15.0 Å². The summed E-state index contributed by atoms with van der Waals surface area (Å²) in [6.07, 6.45) is 0. The molecule has 3 nitrogen and oxygen atoms in total. The molecule has 0 fully saturated rings. The van der Waals surface area contributed by atoms with Crippen LogP contribution in [-0.4, -0.2) is 16.2 Å². The second-order valence-corrected chi connectivity index (χ2v) is 3.93. The van der Waals surface area contributed by atoms with Crippen LogP contribution in [0.2, 0.25) is 0 Å². The van der Waals surface area contributed by atoms with E-state index in [1.54, 1.807) is 0 Å². The van der Waals surface area contributed by atoms with Crippen LogP contribution in [0.15, 0.2) is 24.3 Å². The van der Waals surface area contributed by atoms with E-state index in [0.717, 1.165) is 25.3 Å². The van der Waals surface area contributed by atoms with Gasteiger partial charge in [0.05, 0.1) is 12.3 Å². The van der Waals surface area contributed by atoms with Crippen molar-refractivity contribution in [2.45, 2.75) is 19.7 Å². The summed E-state index contributed by atoms with van der Waals surface area (Å²) >= 11 is 0. The van der Waals surface area contributed by atoms with Crippen LogP contribution in [0.1, 0.15) is 11.4 Å². The largest absolute Gasteiger partial charge is 0.390 e. The van der Waals surface area contributed by atoms with Gasteiger partial charge >= 0.3 is 0 Å². The van der Waals surface area contributed by atoms with Gasteiger partial charge in [-0.25, -0.2) is 0 Å². The maximum Gasteiger partial charge on any atom is 0.0839 e. The number of rotatable bonds is 1. The molecule has 0 radical (unpaired) electrons. The Labute approximate surface area is 88.3 Å². The lowest BCUT2D eigenvalue weighted by Gasteiger charge is -2.18. The summed E-state index contributed by atoms with van der Waals surface area (Å²) in [7, 11) is 0. The normalized spacial score (nSPS) is 15.5. The van der Waals surface area contributed by atoms with Crippen molar-refractivity contribution >= 4 is 10.8 Å². The molecular weight excluding hydrogens is 188 g/mol. The molecule has 1 aromatic heterocycles. The van der Waals surface area contributed by atoms with Gasteiger partial charge in [-0.05, 0) is 0 Å². The van der Waals surface area contributed by atoms with Gasteiger partial charge in [0.25, 0.3) is 0 Å². The number of aliphatic hydroxyl groups is 1. The fourth-order valence-electron chi connectivity index (χ4n) is 2.47. The van der Waals surface area contributed by atoms with Crippen LogP contribution < -0.4 is 5.32 Å². The first-order valence-electron chi connectivity index (χ1n) is 5.32. The molecule has 2 aromatic rings. The van der Waals surface area contributed by atoms with Gasteiger partial charge in [-0.3, -0.25) is 0 Å². The van der Waals surface area contributed by atoms with Crippen LogP contribution in [0.3, 0.4) is 0 Å². The number of aliphatic hydroxyl groups excluding tert-OH is 1. The standard InChI is InChI=1S/C12H14N2O/c15-8-12-10-4-2-1-3-9(10)11-7-13-5-6-14(11)12/h1-4,13,15H,5-8H2. The number of hydrogen-bond acceptors (Lipinski definition) is 2. The lowest BCUT2D eigenvalue weighted by molar-refractivity contribution is 0.269. The molecule has 0 unspecified atom stereocenters. The monoisotopic (exact) mass is 202 g/mol. The number of benzene rings is 1. The zero-order chi connectivity index (χ0) is 10.3. The molecule has 0 saturated heterocycles. The third-order valence-electron chi connectivity index (χ3n) is 3.15. The van der Waals surface area contributed by atoms with Crippen molar-refractivity contribution in [3.63, 3.8) is 0 Å². The van der Waals surface area contributed by atoms with Crippen molar-refractivity contribution in [3.05, 3.63) is 35.7 Å². The Hall–Kier alpha value is -1.32. The zero-order valence-corrected chi connectivity index (χ0v) is 8.53. The Bertz CT molecular complexity index is 469. The molecule has 1 aromatic carbocycles. The molecule has 0 atom stereocenters. The van der Waals surface area contributed by atoms with E-state index in [-0.39, 0.29) is 6.61 Å². The maximum atomic E-state index is 9.44. The summed E-state index contributed by atoms with van der Waals surface area (Å²) in [5.41, 5.74) is 2.36. The summed E-state index contributed by atoms with van der Waals surface area (Å²) in [5, 5.41) is 15.3.